The summed E-state index contributed by atoms with van der Waals surface area (Å²) in [6, 6.07) is 15.3. The Kier molecular flexibility index (Phi) is 5.90. The first-order chi connectivity index (χ1) is 15.7. The molecule has 0 spiro atoms. The summed E-state index contributed by atoms with van der Waals surface area (Å²) in [4.78, 5) is 27.2. The molecule has 2 aromatic heterocycles. The van der Waals surface area contributed by atoms with Crippen LogP contribution in [-0.4, -0.2) is 19.5 Å². The average Bonchev–Trinajstić information content (AvgIpc) is 2.83. The minimum Gasteiger partial charge on any atom is -0.383 e. The maximum absolute atomic E-state index is 13.3. The summed E-state index contributed by atoms with van der Waals surface area (Å²) in [6.45, 7) is 0.631. The Morgan fingerprint density at radius 3 is 2.47 bits per heavy atom. The molecule has 4 aromatic rings. The van der Waals surface area contributed by atoms with Crippen LogP contribution in [0, 0.1) is 0 Å². The molecule has 0 bridgehead atoms. The van der Waals surface area contributed by atoms with Crippen LogP contribution in [0.4, 0.5) is 5.82 Å². The number of nitrogens with two attached hydrogens (primary N) is 1. The van der Waals surface area contributed by atoms with Crippen molar-refractivity contribution in [2.24, 2.45) is 0 Å². The molecule has 6 nitrogen and oxygen atoms in total. The van der Waals surface area contributed by atoms with E-state index in [1.165, 1.54) is 30.2 Å². The molecule has 1 aliphatic rings. The van der Waals surface area contributed by atoms with Gasteiger partial charge in [-0.15, -0.1) is 0 Å². The van der Waals surface area contributed by atoms with E-state index in [2.05, 4.69) is 16.0 Å². The fraction of sp³-hybridized carbons (Fsp3) is 0.280. The van der Waals surface area contributed by atoms with E-state index in [0.29, 0.717) is 40.0 Å². The highest BCUT2D eigenvalue weighted by Gasteiger charge is 2.14. The van der Waals surface area contributed by atoms with Crippen molar-refractivity contribution in [1.29, 1.82) is 0 Å². The van der Waals surface area contributed by atoms with E-state index in [1.54, 1.807) is 0 Å². The number of hydrogen-bond donors (Lipinski definition) is 1. The second-order valence-corrected chi connectivity index (χ2v) is 9.00. The summed E-state index contributed by atoms with van der Waals surface area (Å²) >= 11 is 1.48. The van der Waals surface area contributed by atoms with Crippen LogP contribution in [0.15, 0.2) is 70.1 Å². The van der Waals surface area contributed by atoms with E-state index in [9.17, 15) is 4.79 Å². The fourth-order valence-corrected chi connectivity index (χ4v) is 5.07. The largest absolute Gasteiger partial charge is 0.383 e. The lowest BCUT2D eigenvalue weighted by atomic mass is 9.97. The van der Waals surface area contributed by atoms with Crippen LogP contribution in [0.3, 0.4) is 0 Å². The molecule has 5 rings (SSSR count). The first-order valence-electron chi connectivity index (χ1n) is 11.0. The molecule has 7 heteroatoms. The molecule has 162 valence electrons. The number of rotatable bonds is 6. The summed E-state index contributed by atoms with van der Waals surface area (Å²) in [6.07, 6.45) is 7.98. The van der Waals surface area contributed by atoms with Gasteiger partial charge >= 0.3 is 0 Å². The quantitative estimate of drug-likeness (QED) is 0.253. The number of hydrogen-bond acceptors (Lipinski definition) is 6. The molecule has 0 unspecified atom stereocenters. The van der Waals surface area contributed by atoms with Gasteiger partial charge in [0, 0.05) is 11.9 Å². The third kappa shape index (κ3) is 4.25. The van der Waals surface area contributed by atoms with Gasteiger partial charge in [-0.1, -0.05) is 47.7 Å². The number of thioether (sulfide) groups is 1. The third-order valence-corrected chi connectivity index (χ3v) is 6.85. The standard InChI is InChI=1S/C25H25N5OS/c26-23-18-10-4-6-12-20(18)27-22(29-23)16-32-25-28-21-13-7-5-11-19(21)24(31)30(25)15-14-17-8-2-1-3-9-17/h4-8,10-13H,1-3,9,14-16H2,(H2,26,27,29). The van der Waals surface area contributed by atoms with Crippen LogP contribution >= 0.6 is 11.8 Å². The highest BCUT2D eigenvalue weighted by atomic mass is 32.2. The first kappa shape index (κ1) is 20.7. The van der Waals surface area contributed by atoms with Crippen LogP contribution in [0.1, 0.15) is 37.9 Å². The molecule has 0 fully saturated rings. The molecule has 2 N–H and O–H groups in total. The maximum Gasteiger partial charge on any atom is 0.262 e. The zero-order valence-corrected chi connectivity index (χ0v) is 18.6. The number of para-hydroxylation sites is 2. The van der Waals surface area contributed by atoms with Gasteiger partial charge in [0.1, 0.15) is 11.6 Å². The molecule has 0 amide bonds. The van der Waals surface area contributed by atoms with Gasteiger partial charge < -0.3 is 5.73 Å². The molecule has 1 aliphatic carbocycles. The van der Waals surface area contributed by atoms with Crippen molar-refractivity contribution in [1.82, 2.24) is 19.5 Å². The highest BCUT2D eigenvalue weighted by Crippen LogP contribution is 2.25. The summed E-state index contributed by atoms with van der Waals surface area (Å²) in [7, 11) is 0. The number of nitrogen functional groups attached to an aromatic ring is 1. The van der Waals surface area contributed by atoms with E-state index in [1.807, 2.05) is 53.1 Å². The van der Waals surface area contributed by atoms with E-state index in [4.69, 9.17) is 10.7 Å². The van der Waals surface area contributed by atoms with Gasteiger partial charge in [0.15, 0.2) is 5.16 Å². The van der Waals surface area contributed by atoms with Crippen LogP contribution in [0.2, 0.25) is 0 Å². The lowest BCUT2D eigenvalue weighted by molar-refractivity contribution is 0.569. The SMILES string of the molecule is Nc1nc(CSc2nc3ccccc3c(=O)n2CCC2=CCCCC2)nc2ccccc12. The van der Waals surface area contributed by atoms with E-state index in [-0.39, 0.29) is 5.56 Å². The van der Waals surface area contributed by atoms with Crippen molar-refractivity contribution < 1.29 is 0 Å². The van der Waals surface area contributed by atoms with Gasteiger partial charge in [0.05, 0.1) is 22.2 Å². The molecule has 32 heavy (non-hydrogen) atoms. The lowest BCUT2D eigenvalue weighted by Gasteiger charge is -2.16. The predicted molar refractivity (Wildman–Crippen MR) is 131 cm³/mol. The smallest absolute Gasteiger partial charge is 0.262 e. The Balaban J connectivity index is 1.46. The zero-order valence-electron chi connectivity index (χ0n) is 17.8. The van der Waals surface area contributed by atoms with Crippen molar-refractivity contribution >= 4 is 39.4 Å². The molecule has 2 aromatic carbocycles. The Hall–Kier alpha value is -3.19. The van der Waals surface area contributed by atoms with E-state index < -0.39 is 0 Å². The Morgan fingerprint density at radius 1 is 0.938 bits per heavy atom. The van der Waals surface area contributed by atoms with Crippen molar-refractivity contribution in [2.45, 2.75) is 49.6 Å². The zero-order chi connectivity index (χ0) is 21.9. The first-order valence-corrected chi connectivity index (χ1v) is 12.0. The van der Waals surface area contributed by atoms with Gasteiger partial charge in [-0.25, -0.2) is 15.0 Å². The number of allylic oxidation sites excluding steroid dienone is 2. The summed E-state index contributed by atoms with van der Waals surface area (Å²) in [5.74, 6) is 1.59. The van der Waals surface area contributed by atoms with Crippen LogP contribution in [0.5, 0.6) is 0 Å². The fourth-order valence-electron chi connectivity index (χ4n) is 4.19. The maximum atomic E-state index is 13.3. The minimum atomic E-state index is 0.00783. The number of nitrogens with zero attached hydrogens (tertiary/aromatic N) is 4. The van der Waals surface area contributed by atoms with Crippen LogP contribution in [-0.2, 0) is 12.3 Å². The topological polar surface area (TPSA) is 86.7 Å². The van der Waals surface area contributed by atoms with Crippen molar-refractivity contribution in [3.8, 4) is 0 Å². The lowest BCUT2D eigenvalue weighted by Crippen LogP contribution is -2.24. The molecule has 0 aliphatic heterocycles. The molecule has 2 heterocycles. The Labute approximate surface area is 190 Å². The van der Waals surface area contributed by atoms with E-state index >= 15 is 0 Å². The van der Waals surface area contributed by atoms with E-state index in [0.717, 1.165) is 30.2 Å². The van der Waals surface area contributed by atoms with Crippen molar-refractivity contribution in [2.75, 3.05) is 5.73 Å². The second-order valence-electron chi connectivity index (χ2n) is 8.06. The Morgan fingerprint density at radius 2 is 1.69 bits per heavy atom. The molecular weight excluding hydrogens is 418 g/mol. The Bertz CT molecular complexity index is 1380. The monoisotopic (exact) mass is 443 g/mol. The summed E-state index contributed by atoms with van der Waals surface area (Å²) in [5.41, 5.74) is 9.14. The number of fused-ring (bicyclic) bond motifs is 2. The normalized spacial score (nSPS) is 14.1. The molecule has 0 saturated heterocycles. The second kappa shape index (κ2) is 9.12. The third-order valence-electron chi connectivity index (χ3n) is 5.88. The minimum absolute atomic E-state index is 0.00783. The molecular formula is C25H25N5OS. The molecule has 0 saturated carbocycles. The van der Waals surface area contributed by atoms with Gasteiger partial charge in [-0.05, 0) is 56.4 Å². The highest BCUT2D eigenvalue weighted by molar-refractivity contribution is 7.98. The molecule has 0 atom stereocenters. The van der Waals surface area contributed by atoms with Gasteiger partial charge in [-0.3, -0.25) is 9.36 Å². The molecule has 0 radical (unpaired) electrons. The van der Waals surface area contributed by atoms with Crippen LogP contribution in [0.25, 0.3) is 21.8 Å². The van der Waals surface area contributed by atoms with Gasteiger partial charge in [-0.2, -0.15) is 0 Å². The van der Waals surface area contributed by atoms with Crippen molar-refractivity contribution in [3.63, 3.8) is 0 Å². The van der Waals surface area contributed by atoms with Crippen LogP contribution < -0.4 is 11.3 Å². The number of anilines is 1. The number of benzene rings is 2. The van der Waals surface area contributed by atoms with Gasteiger partial charge in [0.25, 0.3) is 5.56 Å². The predicted octanol–water partition coefficient (Wildman–Crippen LogP) is 5.10. The van der Waals surface area contributed by atoms with Gasteiger partial charge in [0.2, 0.25) is 0 Å². The summed E-state index contributed by atoms with van der Waals surface area (Å²) < 4.78 is 1.81. The summed E-state index contributed by atoms with van der Waals surface area (Å²) in [5, 5.41) is 2.20. The van der Waals surface area contributed by atoms with Crippen molar-refractivity contribution in [3.05, 3.63) is 76.4 Å². The number of aromatic nitrogens is 4. The average molecular weight is 444 g/mol.